The van der Waals surface area contributed by atoms with Crippen molar-refractivity contribution in [3.05, 3.63) is 35.6 Å². The molecule has 35 heavy (non-hydrogen) atoms. The molecule has 1 N–H and O–H groups in total. The molecule has 3 aliphatic rings. The number of benzene rings is 1. The first kappa shape index (κ1) is 26.0. The highest BCUT2D eigenvalue weighted by Crippen LogP contribution is 2.30. The summed E-state index contributed by atoms with van der Waals surface area (Å²) in [6.07, 6.45) is 7.93. The van der Waals surface area contributed by atoms with Gasteiger partial charge in [0, 0.05) is 58.0 Å². The summed E-state index contributed by atoms with van der Waals surface area (Å²) in [6.45, 7) is 5.97. The van der Waals surface area contributed by atoms with Crippen LogP contribution in [0.2, 0.25) is 0 Å². The van der Waals surface area contributed by atoms with E-state index < -0.39 is 6.04 Å². The summed E-state index contributed by atoms with van der Waals surface area (Å²) in [4.78, 5) is 33.4. The minimum atomic E-state index is -0.493. The van der Waals surface area contributed by atoms with Crippen molar-refractivity contribution in [2.45, 2.75) is 57.0 Å². The Morgan fingerprint density at radius 2 is 1.86 bits per heavy atom. The molecule has 2 saturated heterocycles. The minimum absolute atomic E-state index is 0.0380. The van der Waals surface area contributed by atoms with Crippen LogP contribution in [0.1, 0.15) is 55.3 Å². The van der Waals surface area contributed by atoms with Crippen molar-refractivity contribution < 1.29 is 18.7 Å². The summed E-state index contributed by atoms with van der Waals surface area (Å²) >= 11 is 0. The fourth-order valence-corrected chi connectivity index (χ4v) is 5.90. The van der Waals surface area contributed by atoms with E-state index in [4.69, 9.17) is 4.74 Å². The molecule has 194 valence electrons. The second-order valence-electron chi connectivity index (χ2n) is 10.3. The van der Waals surface area contributed by atoms with Crippen molar-refractivity contribution in [3.63, 3.8) is 0 Å². The largest absolute Gasteiger partial charge is 0.383 e. The van der Waals surface area contributed by atoms with Gasteiger partial charge in [-0.1, -0.05) is 19.3 Å². The van der Waals surface area contributed by atoms with E-state index in [1.807, 2.05) is 4.90 Å². The lowest BCUT2D eigenvalue weighted by atomic mass is 9.88. The number of likely N-dealkylation sites (tertiary alicyclic amines) is 1. The number of hydrogen-bond acceptors (Lipinski definition) is 5. The molecule has 0 bridgehead atoms. The number of halogens is 1. The first-order valence-electron chi connectivity index (χ1n) is 13.4. The lowest BCUT2D eigenvalue weighted by Crippen LogP contribution is -2.48. The molecule has 2 unspecified atom stereocenters. The van der Waals surface area contributed by atoms with Gasteiger partial charge in [0.1, 0.15) is 11.9 Å². The summed E-state index contributed by atoms with van der Waals surface area (Å²) in [5, 5.41) is 3.35. The monoisotopic (exact) mass is 488 g/mol. The minimum Gasteiger partial charge on any atom is -0.383 e. The van der Waals surface area contributed by atoms with Gasteiger partial charge in [0.25, 0.3) is 5.91 Å². The molecule has 3 fully saturated rings. The fraction of sp³-hybridized carbons (Fsp3) is 0.704. The third-order valence-electron chi connectivity index (χ3n) is 7.88. The molecule has 0 radical (unpaired) electrons. The maximum absolute atomic E-state index is 13.7. The topological polar surface area (TPSA) is 65.1 Å². The van der Waals surface area contributed by atoms with E-state index in [1.54, 1.807) is 12.0 Å². The van der Waals surface area contributed by atoms with Crippen LogP contribution < -0.4 is 5.32 Å². The van der Waals surface area contributed by atoms with Crippen LogP contribution in [-0.4, -0.2) is 98.1 Å². The molecule has 2 amide bonds. The van der Waals surface area contributed by atoms with Crippen LogP contribution in [0.3, 0.4) is 0 Å². The lowest BCUT2D eigenvalue weighted by Gasteiger charge is -2.33. The van der Waals surface area contributed by atoms with Crippen LogP contribution in [0.4, 0.5) is 4.39 Å². The second kappa shape index (κ2) is 12.8. The Morgan fingerprint density at radius 3 is 2.60 bits per heavy atom. The molecular formula is C27H41FN4O3. The van der Waals surface area contributed by atoms with Gasteiger partial charge in [0.2, 0.25) is 5.91 Å². The summed E-state index contributed by atoms with van der Waals surface area (Å²) < 4.78 is 18.9. The normalized spacial score (nSPS) is 24.1. The zero-order valence-corrected chi connectivity index (χ0v) is 21.1. The Balaban J connectivity index is 1.55. The molecule has 1 aliphatic carbocycles. The maximum atomic E-state index is 13.7. The van der Waals surface area contributed by atoms with Crippen LogP contribution in [0.15, 0.2) is 24.3 Å². The van der Waals surface area contributed by atoms with Gasteiger partial charge in [-0.05, 0) is 62.4 Å². The van der Waals surface area contributed by atoms with Gasteiger partial charge < -0.3 is 19.9 Å². The summed E-state index contributed by atoms with van der Waals surface area (Å²) in [7, 11) is 1.72. The zero-order chi connectivity index (χ0) is 24.6. The third-order valence-corrected chi connectivity index (χ3v) is 7.88. The first-order valence-corrected chi connectivity index (χ1v) is 13.4. The van der Waals surface area contributed by atoms with Crippen LogP contribution in [0, 0.1) is 11.7 Å². The quantitative estimate of drug-likeness (QED) is 0.610. The van der Waals surface area contributed by atoms with Gasteiger partial charge in [0.05, 0.1) is 6.61 Å². The Bertz CT molecular complexity index is 822. The number of hydrogen-bond donors (Lipinski definition) is 1. The van der Waals surface area contributed by atoms with Crippen LogP contribution in [-0.2, 0) is 9.53 Å². The number of methoxy groups -OCH3 is 1. The predicted octanol–water partition coefficient (Wildman–Crippen LogP) is 2.76. The third kappa shape index (κ3) is 6.80. The highest BCUT2D eigenvalue weighted by Gasteiger charge is 2.43. The van der Waals surface area contributed by atoms with Crippen LogP contribution in [0.25, 0.3) is 0 Å². The van der Waals surface area contributed by atoms with Gasteiger partial charge in [-0.3, -0.25) is 14.5 Å². The molecule has 4 rings (SSSR count). The Labute approximate surface area is 209 Å². The Kier molecular flexibility index (Phi) is 9.52. The molecule has 1 aromatic carbocycles. The number of ether oxygens (including phenoxy) is 1. The van der Waals surface area contributed by atoms with Gasteiger partial charge in [-0.2, -0.15) is 0 Å². The van der Waals surface area contributed by atoms with Crippen LogP contribution >= 0.6 is 0 Å². The van der Waals surface area contributed by atoms with Crippen LogP contribution in [0.5, 0.6) is 0 Å². The highest BCUT2D eigenvalue weighted by molar-refractivity contribution is 5.98. The van der Waals surface area contributed by atoms with Crippen molar-refractivity contribution in [3.8, 4) is 0 Å². The molecule has 7 nitrogen and oxygen atoms in total. The molecule has 0 aromatic heterocycles. The molecule has 8 heteroatoms. The van der Waals surface area contributed by atoms with Crippen molar-refractivity contribution in [1.82, 2.24) is 20.0 Å². The number of carbonyl (C=O) groups excluding carboxylic acids is 2. The summed E-state index contributed by atoms with van der Waals surface area (Å²) in [5.41, 5.74) is 0.429. The van der Waals surface area contributed by atoms with Gasteiger partial charge >= 0.3 is 0 Å². The lowest BCUT2D eigenvalue weighted by molar-refractivity contribution is -0.135. The van der Waals surface area contributed by atoms with E-state index in [1.165, 1.54) is 56.4 Å². The highest BCUT2D eigenvalue weighted by atomic mass is 19.1. The molecular weight excluding hydrogens is 447 g/mol. The van der Waals surface area contributed by atoms with Crippen molar-refractivity contribution in [1.29, 1.82) is 0 Å². The van der Waals surface area contributed by atoms with Crippen molar-refractivity contribution in [2.24, 2.45) is 5.92 Å². The number of carbonyl (C=O) groups is 2. The molecule has 0 spiro atoms. The Morgan fingerprint density at radius 1 is 1.09 bits per heavy atom. The van der Waals surface area contributed by atoms with Gasteiger partial charge in [-0.25, -0.2) is 4.39 Å². The molecule has 1 aromatic rings. The van der Waals surface area contributed by atoms with E-state index in [-0.39, 0.29) is 23.7 Å². The molecule has 2 atom stereocenters. The molecule has 2 aliphatic heterocycles. The molecule has 2 heterocycles. The van der Waals surface area contributed by atoms with Gasteiger partial charge in [-0.15, -0.1) is 0 Å². The average molecular weight is 489 g/mol. The van der Waals surface area contributed by atoms with E-state index >= 15 is 0 Å². The number of nitrogens with zero attached hydrogens (tertiary/aromatic N) is 3. The average Bonchev–Trinajstić information content (AvgIpc) is 3.14. The number of nitrogens with one attached hydrogen (secondary N) is 1. The SMILES string of the molecule is COCCN(CC1CCCCC1)C1CC(C(=O)N2CCCNCC2)N(C(=O)c2ccc(F)cc2)C1. The zero-order valence-electron chi connectivity index (χ0n) is 21.1. The number of rotatable bonds is 8. The summed E-state index contributed by atoms with van der Waals surface area (Å²) in [6, 6.07) is 5.28. The van der Waals surface area contributed by atoms with E-state index in [9.17, 15) is 14.0 Å². The van der Waals surface area contributed by atoms with E-state index in [2.05, 4.69) is 10.2 Å². The molecule has 1 saturated carbocycles. The summed E-state index contributed by atoms with van der Waals surface area (Å²) in [5.74, 6) is 0.135. The second-order valence-corrected chi connectivity index (χ2v) is 10.3. The predicted molar refractivity (Wildman–Crippen MR) is 134 cm³/mol. The van der Waals surface area contributed by atoms with E-state index in [0.717, 1.165) is 32.6 Å². The number of amides is 2. The fourth-order valence-electron chi connectivity index (χ4n) is 5.90. The Hall–Kier alpha value is -2.03. The van der Waals surface area contributed by atoms with Crippen molar-refractivity contribution in [2.75, 3.05) is 59.5 Å². The van der Waals surface area contributed by atoms with Crippen molar-refractivity contribution >= 4 is 11.8 Å². The van der Waals surface area contributed by atoms with E-state index in [0.29, 0.717) is 44.1 Å². The van der Waals surface area contributed by atoms with Gasteiger partial charge in [0.15, 0.2) is 0 Å². The first-order chi connectivity index (χ1) is 17.1. The standard InChI is InChI=1S/C27H41FN4O3/c1-35-17-16-31(19-21-6-3-2-4-7-21)24-18-25(27(34)30-14-5-12-29-13-15-30)32(20-24)26(33)22-8-10-23(28)11-9-22/h8-11,21,24-25,29H,2-7,12-20H2,1H3. The maximum Gasteiger partial charge on any atom is 0.254 e. The smallest absolute Gasteiger partial charge is 0.254 e.